The van der Waals surface area contributed by atoms with Crippen molar-refractivity contribution in [1.29, 1.82) is 5.26 Å². The predicted molar refractivity (Wildman–Crippen MR) is 82.3 cm³/mol. The van der Waals surface area contributed by atoms with E-state index >= 15 is 0 Å². The van der Waals surface area contributed by atoms with E-state index in [1.165, 1.54) is 0 Å². The summed E-state index contributed by atoms with van der Waals surface area (Å²) in [4.78, 5) is 16.3. The van der Waals surface area contributed by atoms with E-state index in [1.54, 1.807) is 4.90 Å². The van der Waals surface area contributed by atoms with Crippen LogP contribution in [-0.2, 0) is 4.79 Å². The van der Waals surface area contributed by atoms with E-state index in [4.69, 9.17) is 5.26 Å². The van der Waals surface area contributed by atoms with Gasteiger partial charge in [-0.3, -0.25) is 4.79 Å². The average molecular weight is 336 g/mol. The molecule has 1 saturated heterocycles. The Morgan fingerprint density at radius 2 is 2.10 bits per heavy atom. The zero-order valence-electron chi connectivity index (χ0n) is 11.7. The topological polar surface area (TPSA) is 47.3 Å². The first kappa shape index (κ1) is 14.9. The van der Waals surface area contributed by atoms with Crippen molar-refractivity contribution in [1.82, 2.24) is 4.90 Å². The number of hydrogen-bond donors (Lipinski definition) is 0. The summed E-state index contributed by atoms with van der Waals surface area (Å²) in [6.45, 7) is 3.62. The molecule has 1 amide bonds. The number of rotatable bonds is 2. The molecule has 106 valence electrons. The molecule has 5 heteroatoms. The third kappa shape index (κ3) is 2.96. The van der Waals surface area contributed by atoms with Crippen molar-refractivity contribution >= 4 is 27.5 Å². The molecule has 1 aliphatic rings. The summed E-state index contributed by atoms with van der Waals surface area (Å²) in [5.41, 5.74) is 0.975. The molecule has 1 heterocycles. The lowest BCUT2D eigenvalue weighted by atomic mass is 10.1. The fraction of sp³-hybridized carbons (Fsp3) is 0.467. The zero-order valence-corrected chi connectivity index (χ0v) is 13.3. The SMILES string of the molecule is CC1CN(C)C(=O)C(CC#N)N(c2ccccc2Br)C1. The van der Waals surface area contributed by atoms with E-state index in [0.717, 1.165) is 23.2 Å². The van der Waals surface area contributed by atoms with Gasteiger partial charge in [-0.05, 0) is 34.0 Å². The van der Waals surface area contributed by atoms with Crippen molar-refractivity contribution in [3.8, 4) is 6.07 Å². The Balaban J connectivity index is 2.43. The van der Waals surface area contributed by atoms with Crippen LogP contribution in [0.2, 0.25) is 0 Å². The summed E-state index contributed by atoms with van der Waals surface area (Å²) in [7, 11) is 1.81. The quantitative estimate of drug-likeness (QED) is 0.834. The van der Waals surface area contributed by atoms with Gasteiger partial charge in [0.1, 0.15) is 6.04 Å². The largest absolute Gasteiger partial charge is 0.357 e. The average Bonchev–Trinajstić information content (AvgIpc) is 2.51. The number of para-hydroxylation sites is 1. The summed E-state index contributed by atoms with van der Waals surface area (Å²) in [5, 5.41) is 9.06. The molecule has 0 aromatic heterocycles. The molecule has 4 nitrogen and oxygen atoms in total. The summed E-state index contributed by atoms with van der Waals surface area (Å²) in [6, 6.07) is 9.58. The first-order valence-electron chi connectivity index (χ1n) is 6.67. The van der Waals surface area contributed by atoms with E-state index in [-0.39, 0.29) is 12.3 Å². The van der Waals surface area contributed by atoms with Gasteiger partial charge in [0.05, 0.1) is 18.2 Å². The van der Waals surface area contributed by atoms with Crippen LogP contribution >= 0.6 is 15.9 Å². The van der Waals surface area contributed by atoms with Crippen molar-refractivity contribution in [2.24, 2.45) is 5.92 Å². The van der Waals surface area contributed by atoms with Crippen LogP contribution in [0, 0.1) is 17.2 Å². The molecular formula is C15H18BrN3O. The summed E-state index contributed by atoms with van der Waals surface area (Å²) < 4.78 is 0.951. The molecule has 0 radical (unpaired) electrons. The van der Waals surface area contributed by atoms with Crippen LogP contribution in [0.15, 0.2) is 28.7 Å². The second-order valence-electron chi connectivity index (χ2n) is 5.31. The number of anilines is 1. The van der Waals surface area contributed by atoms with Gasteiger partial charge in [-0.2, -0.15) is 5.26 Å². The zero-order chi connectivity index (χ0) is 14.7. The summed E-state index contributed by atoms with van der Waals surface area (Å²) in [6.07, 6.45) is 0.206. The molecule has 1 aliphatic heterocycles. The van der Waals surface area contributed by atoms with Gasteiger partial charge >= 0.3 is 0 Å². The predicted octanol–water partition coefficient (Wildman–Crippen LogP) is 2.65. The number of nitrogens with zero attached hydrogens (tertiary/aromatic N) is 3. The molecule has 1 fully saturated rings. The smallest absolute Gasteiger partial charge is 0.246 e. The lowest BCUT2D eigenvalue weighted by Gasteiger charge is -2.31. The second kappa shape index (κ2) is 6.27. The number of amides is 1. The first-order chi connectivity index (χ1) is 9.54. The molecule has 0 bridgehead atoms. The number of carbonyl (C=O) groups excluding carboxylic acids is 1. The van der Waals surface area contributed by atoms with Gasteiger partial charge < -0.3 is 9.80 Å². The standard InChI is InChI=1S/C15H18BrN3O/c1-11-9-18(2)15(20)14(7-8-17)19(10-11)13-6-4-3-5-12(13)16/h3-6,11,14H,7,9-10H2,1-2H3. The normalized spacial score (nSPS) is 23.4. The van der Waals surface area contributed by atoms with Crippen molar-refractivity contribution in [3.63, 3.8) is 0 Å². The molecule has 1 aromatic rings. The number of benzene rings is 1. The van der Waals surface area contributed by atoms with Crippen molar-refractivity contribution in [2.45, 2.75) is 19.4 Å². The van der Waals surface area contributed by atoms with Gasteiger partial charge in [-0.1, -0.05) is 19.1 Å². The van der Waals surface area contributed by atoms with Crippen LogP contribution in [0.5, 0.6) is 0 Å². The highest BCUT2D eigenvalue weighted by Crippen LogP contribution is 2.30. The summed E-state index contributed by atoms with van der Waals surface area (Å²) >= 11 is 3.54. The van der Waals surface area contributed by atoms with Gasteiger partial charge in [0, 0.05) is 24.6 Å². The Hall–Kier alpha value is -1.54. The van der Waals surface area contributed by atoms with Gasteiger partial charge in [0.25, 0.3) is 0 Å². The van der Waals surface area contributed by atoms with Gasteiger partial charge in [0.2, 0.25) is 5.91 Å². The highest BCUT2D eigenvalue weighted by Gasteiger charge is 2.34. The molecule has 2 unspecified atom stereocenters. The lowest BCUT2D eigenvalue weighted by molar-refractivity contribution is -0.130. The van der Waals surface area contributed by atoms with Crippen LogP contribution in [0.1, 0.15) is 13.3 Å². The Kier molecular flexibility index (Phi) is 4.66. The molecular weight excluding hydrogens is 318 g/mol. The highest BCUT2D eigenvalue weighted by atomic mass is 79.9. The third-order valence-electron chi connectivity index (χ3n) is 3.58. The Morgan fingerprint density at radius 3 is 2.75 bits per heavy atom. The van der Waals surface area contributed by atoms with E-state index in [2.05, 4.69) is 33.8 Å². The van der Waals surface area contributed by atoms with E-state index in [1.807, 2.05) is 31.3 Å². The minimum atomic E-state index is -0.409. The molecule has 1 aromatic carbocycles. The number of likely N-dealkylation sites (N-methyl/N-ethyl adjacent to an activating group) is 1. The lowest BCUT2D eigenvalue weighted by Crippen LogP contribution is -2.45. The minimum absolute atomic E-state index is 0.0200. The number of halogens is 1. The molecule has 0 aliphatic carbocycles. The van der Waals surface area contributed by atoms with Crippen LogP contribution in [0.25, 0.3) is 0 Å². The minimum Gasteiger partial charge on any atom is -0.357 e. The van der Waals surface area contributed by atoms with Gasteiger partial charge in [-0.15, -0.1) is 0 Å². The van der Waals surface area contributed by atoms with Crippen LogP contribution in [-0.4, -0.2) is 37.0 Å². The first-order valence-corrected chi connectivity index (χ1v) is 7.47. The molecule has 0 spiro atoms. The fourth-order valence-corrected chi connectivity index (χ4v) is 3.21. The number of carbonyl (C=O) groups is 1. The van der Waals surface area contributed by atoms with Crippen LogP contribution in [0.4, 0.5) is 5.69 Å². The molecule has 20 heavy (non-hydrogen) atoms. The maximum absolute atomic E-state index is 12.5. The third-order valence-corrected chi connectivity index (χ3v) is 4.25. The van der Waals surface area contributed by atoms with Crippen molar-refractivity contribution in [3.05, 3.63) is 28.7 Å². The molecule has 2 atom stereocenters. The maximum atomic E-state index is 12.5. The Bertz CT molecular complexity index is 540. The van der Waals surface area contributed by atoms with E-state index < -0.39 is 6.04 Å². The maximum Gasteiger partial charge on any atom is 0.246 e. The van der Waals surface area contributed by atoms with Crippen LogP contribution in [0.3, 0.4) is 0 Å². The molecule has 0 N–H and O–H groups in total. The van der Waals surface area contributed by atoms with Gasteiger partial charge in [-0.25, -0.2) is 0 Å². The number of hydrogen-bond acceptors (Lipinski definition) is 3. The Morgan fingerprint density at radius 1 is 1.40 bits per heavy atom. The molecule has 0 saturated carbocycles. The second-order valence-corrected chi connectivity index (χ2v) is 6.16. The van der Waals surface area contributed by atoms with Gasteiger partial charge in [0.15, 0.2) is 0 Å². The van der Waals surface area contributed by atoms with E-state index in [0.29, 0.717) is 5.92 Å². The van der Waals surface area contributed by atoms with Crippen molar-refractivity contribution in [2.75, 3.05) is 25.0 Å². The number of nitriles is 1. The molecule has 2 rings (SSSR count). The Labute approximate surface area is 128 Å². The van der Waals surface area contributed by atoms with Crippen molar-refractivity contribution < 1.29 is 4.79 Å². The van der Waals surface area contributed by atoms with Crippen LogP contribution < -0.4 is 4.90 Å². The highest BCUT2D eigenvalue weighted by molar-refractivity contribution is 9.10. The summed E-state index contributed by atoms with van der Waals surface area (Å²) in [5.74, 6) is 0.381. The fourth-order valence-electron chi connectivity index (χ4n) is 2.70. The van der Waals surface area contributed by atoms with E-state index in [9.17, 15) is 4.79 Å². The monoisotopic (exact) mass is 335 g/mol.